The van der Waals surface area contributed by atoms with Crippen LogP contribution in [0.2, 0.25) is 0 Å². The molecule has 7 heteroatoms. The largest absolute Gasteiger partial charge is 0.377 e. The molecule has 0 radical (unpaired) electrons. The summed E-state index contributed by atoms with van der Waals surface area (Å²) in [5, 5.41) is 7.93. The topological polar surface area (TPSA) is 58.5 Å². The number of aromatic nitrogens is 3. The van der Waals surface area contributed by atoms with Gasteiger partial charge in [-0.3, -0.25) is 4.90 Å². The highest BCUT2D eigenvalue weighted by molar-refractivity contribution is 5.64. The fraction of sp³-hybridized carbons (Fsp3) is 0.391. The van der Waals surface area contributed by atoms with Crippen molar-refractivity contribution in [3.05, 3.63) is 60.4 Å². The van der Waals surface area contributed by atoms with Gasteiger partial charge in [0.1, 0.15) is 6.33 Å². The van der Waals surface area contributed by atoms with Crippen LogP contribution in [-0.4, -0.2) is 64.6 Å². The predicted octanol–water partition coefficient (Wildman–Crippen LogP) is 3.48. The molecule has 3 heterocycles. The fourth-order valence-electron chi connectivity index (χ4n) is 4.26. The van der Waals surface area contributed by atoms with Crippen LogP contribution in [-0.2, 0) is 4.74 Å². The van der Waals surface area contributed by atoms with Crippen LogP contribution in [0.4, 0.5) is 17.3 Å². The van der Waals surface area contributed by atoms with E-state index in [9.17, 15) is 0 Å². The average Bonchev–Trinajstić information content (AvgIpc) is 3.21. The summed E-state index contributed by atoms with van der Waals surface area (Å²) in [5.41, 5.74) is 4.70. The third-order valence-electron chi connectivity index (χ3n) is 6.07. The van der Waals surface area contributed by atoms with Crippen LogP contribution in [0.25, 0.3) is 5.69 Å². The van der Waals surface area contributed by atoms with E-state index in [2.05, 4.69) is 57.2 Å². The number of nitrogens with one attached hydrogen (secondary N) is 1. The van der Waals surface area contributed by atoms with Crippen LogP contribution in [0.3, 0.4) is 0 Å². The number of anilines is 3. The highest BCUT2D eigenvalue weighted by atomic mass is 16.5. The molecule has 1 N–H and O–H groups in total. The van der Waals surface area contributed by atoms with Gasteiger partial charge in [0.05, 0.1) is 24.4 Å². The van der Waals surface area contributed by atoms with Crippen LogP contribution in [0.5, 0.6) is 0 Å². The van der Waals surface area contributed by atoms with Crippen LogP contribution >= 0.6 is 0 Å². The number of para-hydroxylation sites is 1. The molecule has 7 nitrogen and oxygen atoms in total. The number of hydrogen-bond donors (Lipinski definition) is 1. The maximum Gasteiger partial charge on any atom is 0.246 e. The summed E-state index contributed by atoms with van der Waals surface area (Å²) < 4.78 is 7.22. The Labute approximate surface area is 178 Å². The van der Waals surface area contributed by atoms with E-state index in [1.54, 1.807) is 11.0 Å². The molecule has 0 bridgehead atoms. The van der Waals surface area contributed by atoms with E-state index in [4.69, 9.17) is 4.74 Å². The van der Waals surface area contributed by atoms with Gasteiger partial charge in [0.25, 0.3) is 0 Å². The zero-order valence-electron chi connectivity index (χ0n) is 17.6. The summed E-state index contributed by atoms with van der Waals surface area (Å²) in [6, 6.07) is 16.6. The molecule has 0 spiro atoms. The smallest absolute Gasteiger partial charge is 0.246 e. The molecular formula is C23H30N6O. The molecule has 5 rings (SSSR count). The number of piperazine rings is 1. The lowest BCUT2D eigenvalue weighted by Crippen LogP contribution is -2.64. The maximum absolute atomic E-state index is 5.44. The number of rotatable bonds is 5. The second-order valence-corrected chi connectivity index (χ2v) is 8.49. The minimum absolute atomic E-state index is 0. The van der Waals surface area contributed by atoms with Crippen molar-refractivity contribution in [1.82, 2.24) is 19.7 Å². The highest BCUT2D eigenvalue weighted by Crippen LogP contribution is 2.29. The zero-order chi connectivity index (χ0) is 20.6. The first-order valence-electron chi connectivity index (χ1n) is 10.5. The van der Waals surface area contributed by atoms with E-state index in [1.807, 2.05) is 30.3 Å². The normalized spacial score (nSPS) is 18.8. The Morgan fingerprint density at radius 3 is 2.47 bits per heavy atom. The third-order valence-corrected chi connectivity index (χ3v) is 6.07. The van der Waals surface area contributed by atoms with E-state index in [0.29, 0.717) is 5.95 Å². The Kier molecular flexibility index (Phi) is 4.92. The summed E-state index contributed by atoms with van der Waals surface area (Å²) in [6.07, 6.45) is 1.73. The first-order chi connectivity index (χ1) is 14.6. The minimum atomic E-state index is 0. The van der Waals surface area contributed by atoms with E-state index < -0.39 is 0 Å². The maximum atomic E-state index is 5.44. The Morgan fingerprint density at radius 2 is 1.77 bits per heavy atom. The lowest BCUT2D eigenvalue weighted by atomic mass is 9.97. The van der Waals surface area contributed by atoms with Crippen LogP contribution in [0, 0.1) is 6.92 Å². The first-order valence-corrected chi connectivity index (χ1v) is 10.5. The van der Waals surface area contributed by atoms with Gasteiger partial charge < -0.3 is 15.0 Å². The molecule has 2 saturated heterocycles. The zero-order valence-corrected chi connectivity index (χ0v) is 17.6. The van der Waals surface area contributed by atoms with Gasteiger partial charge in [-0.1, -0.05) is 18.2 Å². The summed E-state index contributed by atoms with van der Waals surface area (Å²) in [6.45, 7) is 10.3. The van der Waals surface area contributed by atoms with Gasteiger partial charge >= 0.3 is 0 Å². The van der Waals surface area contributed by atoms with Crippen molar-refractivity contribution in [2.75, 3.05) is 49.6 Å². The van der Waals surface area contributed by atoms with E-state index in [-0.39, 0.29) is 6.97 Å². The highest BCUT2D eigenvalue weighted by Gasteiger charge is 2.40. The number of ether oxygens (including phenoxy) is 1. The quantitative estimate of drug-likeness (QED) is 0.700. The van der Waals surface area contributed by atoms with Gasteiger partial charge in [-0.2, -0.15) is 4.98 Å². The molecule has 2 aliphatic rings. The van der Waals surface area contributed by atoms with Crippen LogP contribution < -0.4 is 10.2 Å². The Morgan fingerprint density at radius 1 is 1.00 bits per heavy atom. The molecule has 2 fully saturated rings. The Hall–Kier alpha value is -2.90. The van der Waals surface area contributed by atoms with Gasteiger partial charge in [-0.05, 0) is 49.7 Å². The van der Waals surface area contributed by atoms with Crippen molar-refractivity contribution in [2.45, 2.75) is 19.4 Å². The minimum Gasteiger partial charge on any atom is -0.377 e. The van der Waals surface area contributed by atoms with Crippen molar-refractivity contribution in [3.63, 3.8) is 0 Å². The van der Waals surface area contributed by atoms with E-state index in [1.165, 1.54) is 11.3 Å². The second-order valence-electron chi connectivity index (χ2n) is 8.49. The van der Waals surface area contributed by atoms with Crippen LogP contribution in [0.1, 0.15) is 13.9 Å². The number of hydrogen-bond acceptors (Lipinski definition) is 6. The molecule has 158 valence electrons. The average molecular weight is 407 g/mol. The lowest BCUT2D eigenvalue weighted by Gasteiger charge is -2.50. The molecule has 0 unspecified atom stereocenters. The van der Waals surface area contributed by atoms with Crippen LogP contribution in [0.15, 0.2) is 54.9 Å². The Balaban J connectivity index is 0.00000231. The first kappa shape index (κ1) is 19.1. The molecule has 0 amide bonds. The molecule has 0 aliphatic carbocycles. The molecule has 3 aromatic rings. The molecule has 2 aromatic carbocycles. The van der Waals surface area contributed by atoms with Crippen molar-refractivity contribution < 1.29 is 6.16 Å². The third kappa shape index (κ3) is 3.78. The molecule has 0 atom stereocenters. The molecule has 1 aromatic heterocycles. The number of nitrogens with zero attached hydrogens (tertiary/aromatic N) is 5. The molecule has 0 saturated carbocycles. The van der Waals surface area contributed by atoms with Crippen molar-refractivity contribution in [2.24, 2.45) is 0 Å². The molecule has 30 heavy (non-hydrogen) atoms. The summed E-state index contributed by atoms with van der Waals surface area (Å²) in [7, 11) is 0. The van der Waals surface area contributed by atoms with Gasteiger partial charge in [-0.15, -0.1) is 5.10 Å². The van der Waals surface area contributed by atoms with Crippen molar-refractivity contribution in [3.8, 4) is 5.69 Å². The molecular weight excluding hydrogens is 376 g/mol. The standard InChI is InChI=1S/C23H28N6O.H2/c1-18-12-19(25-22-24-17-29(26-22)20-6-4-3-5-7-20)14-21(13-18)27-8-10-28(11-9-27)23(2)15-30-16-23;/h3-7,12-14,17H,8-11,15-16H2,1-2H3,(H,25,26);1H. The van der Waals surface area contributed by atoms with Gasteiger partial charge in [0, 0.05) is 39.0 Å². The second kappa shape index (κ2) is 7.74. The summed E-state index contributed by atoms with van der Waals surface area (Å²) in [5.74, 6) is 0.595. The molecule has 2 aliphatic heterocycles. The Bertz CT molecular complexity index is 1010. The van der Waals surface area contributed by atoms with Crippen molar-refractivity contribution >= 4 is 17.3 Å². The lowest BCUT2D eigenvalue weighted by molar-refractivity contribution is -0.131. The monoisotopic (exact) mass is 406 g/mol. The van der Waals surface area contributed by atoms with Crippen molar-refractivity contribution in [1.29, 1.82) is 0 Å². The fourth-order valence-corrected chi connectivity index (χ4v) is 4.26. The van der Waals surface area contributed by atoms with E-state index >= 15 is 0 Å². The SMILES string of the molecule is Cc1cc(Nc2ncn(-c3ccccc3)n2)cc(N2CCN(C3(C)COC3)CC2)c1.[HH]. The van der Waals surface area contributed by atoms with Gasteiger partial charge in [-0.25, -0.2) is 4.68 Å². The summed E-state index contributed by atoms with van der Waals surface area (Å²) >= 11 is 0. The van der Waals surface area contributed by atoms with E-state index in [0.717, 1.165) is 50.8 Å². The van der Waals surface area contributed by atoms with Gasteiger partial charge in [0.2, 0.25) is 5.95 Å². The van der Waals surface area contributed by atoms with Gasteiger partial charge in [0.15, 0.2) is 0 Å². The summed E-state index contributed by atoms with van der Waals surface area (Å²) in [4.78, 5) is 9.46. The predicted molar refractivity (Wildman–Crippen MR) is 121 cm³/mol. The number of benzene rings is 2. The number of aryl methyl sites for hydroxylation is 1.